The number of carbonyl (C=O) groups is 1. The van der Waals surface area contributed by atoms with E-state index in [1.54, 1.807) is 18.2 Å². The molecule has 2 saturated heterocycles. The van der Waals surface area contributed by atoms with E-state index >= 15 is 0 Å². The molecule has 7 nitrogen and oxygen atoms in total. The molecular formula is C37H41BN4O3S. The van der Waals surface area contributed by atoms with Gasteiger partial charge in [-0.2, -0.15) is 0 Å². The second-order valence-corrected chi connectivity index (χ2v) is 15.4. The number of amides is 1. The molecule has 0 spiro atoms. The molecule has 2 aliphatic heterocycles. The molecule has 0 unspecified atom stereocenters. The third-order valence-electron chi connectivity index (χ3n) is 10.1. The van der Waals surface area contributed by atoms with Crippen molar-refractivity contribution in [2.75, 3.05) is 32.4 Å². The molecule has 1 aliphatic carbocycles. The molecule has 1 amide bonds. The maximum Gasteiger partial charge on any atom is 0.253 e. The van der Waals surface area contributed by atoms with Gasteiger partial charge in [-0.05, 0) is 94.0 Å². The summed E-state index contributed by atoms with van der Waals surface area (Å²) in [6.07, 6.45) is 8.97. The van der Waals surface area contributed by atoms with Gasteiger partial charge in [-0.25, -0.2) is 13.4 Å². The first kappa shape index (κ1) is 31.1. The average molecular weight is 633 g/mol. The van der Waals surface area contributed by atoms with Crippen molar-refractivity contribution in [2.24, 2.45) is 0 Å². The van der Waals surface area contributed by atoms with Crippen LogP contribution in [-0.2, 0) is 21.9 Å². The summed E-state index contributed by atoms with van der Waals surface area (Å²) in [4.78, 5) is 25.1. The van der Waals surface area contributed by atoms with Crippen molar-refractivity contribution in [3.63, 3.8) is 0 Å². The summed E-state index contributed by atoms with van der Waals surface area (Å²) in [5.41, 5.74) is 4.68. The maximum atomic E-state index is 14.7. The molecule has 1 N–H and O–H groups in total. The Morgan fingerprint density at radius 2 is 1.67 bits per heavy atom. The van der Waals surface area contributed by atoms with Gasteiger partial charge in [-0.1, -0.05) is 66.5 Å². The summed E-state index contributed by atoms with van der Waals surface area (Å²) < 4.78 is 25.4. The van der Waals surface area contributed by atoms with Crippen molar-refractivity contribution < 1.29 is 13.2 Å². The van der Waals surface area contributed by atoms with Gasteiger partial charge in [0.2, 0.25) is 0 Å². The van der Waals surface area contributed by atoms with Gasteiger partial charge in [0.15, 0.2) is 9.84 Å². The molecular weight excluding hydrogens is 591 g/mol. The van der Waals surface area contributed by atoms with E-state index in [1.807, 2.05) is 42.5 Å². The van der Waals surface area contributed by atoms with Crippen molar-refractivity contribution in [3.05, 3.63) is 89.5 Å². The van der Waals surface area contributed by atoms with Crippen molar-refractivity contribution >= 4 is 40.0 Å². The summed E-state index contributed by atoms with van der Waals surface area (Å²) in [7, 11) is 2.74. The van der Waals surface area contributed by atoms with Crippen molar-refractivity contribution in [1.82, 2.24) is 20.1 Å². The lowest BCUT2D eigenvalue weighted by atomic mass is 9.90. The molecule has 9 heteroatoms. The van der Waals surface area contributed by atoms with E-state index in [-0.39, 0.29) is 10.8 Å². The third-order valence-corrected chi connectivity index (χ3v) is 11.3. The van der Waals surface area contributed by atoms with Crippen LogP contribution in [0.1, 0.15) is 66.4 Å². The van der Waals surface area contributed by atoms with Crippen LogP contribution in [0.15, 0.2) is 77.7 Å². The number of aromatic nitrogens is 1. The van der Waals surface area contributed by atoms with E-state index in [0.29, 0.717) is 40.2 Å². The summed E-state index contributed by atoms with van der Waals surface area (Å²) >= 11 is 0. The fourth-order valence-corrected chi connectivity index (χ4v) is 8.10. The van der Waals surface area contributed by atoms with Gasteiger partial charge in [0.05, 0.1) is 27.2 Å². The van der Waals surface area contributed by atoms with Gasteiger partial charge < -0.3 is 10.2 Å². The smallest absolute Gasteiger partial charge is 0.253 e. The van der Waals surface area contributed by atoms with Gasteiger partial charge in [-0.3, -0.25) is 9.69 Å². The van der Waals surface area contributed by atoms with Crippen LogP contribution < -0.4 is 10.8 Å². The number of likely N-dealkylation sites (tertiary alicyclic amines) is 2. The summed E-state index contributed by atoms with van der Waals surface area (Å²) in [5.74, 6) is -0.206. The Labute approximate surface area is 273 Å². The lowest BCUT2D eigenvalue weighted by Crippen LogP contribution is -2.46. The first-order valence-electron chi connectivity index (χ1n) is 16.6. The minimum absolute atomic E-state index is 0.171. The van der Waals surface area contributed by atoms with E-state index in [0.717, 1.165) is 55.5 Å². The zero-order valence-electron chi connectivity index (χ0n) is 26.5. The fourth-order valence-electron chi connectivity index (χ4n) is 7.45. The second-order valence-electron chi connectivity index (χ2n) is 13.4. The number of benzene rings is 3. The maximum absolute atomic E-state index is 14.7. The van der Waals surface area contributed by atoms with E-state index in [1.165, 1.54) is 38.6 Å². The van der Waals surface area contributed by atoms with Crippen LogP contribution >= 0.6 is 0 Å². The Balaban J connectivity index is 1.34. The van der Waals surface area contributed by atoms with Crippen LogP contribution in [0.3, 0.4) is 0 Å². The Bertz CT molecular complexity index is 1860. The largest absolute Gasteiger partial charge is 0.342 e. The number of carbonyl (C=O) groups excluding carboxylic acids is 1. The lowest BCUT2D eigenvalue weighted by molar-refractivity contribution is 0.0881. The topological polar surface area (TPSA) is 82.6 Å². The zero-order chi connectivity index (χ0) is 31.9. The number of nitrogens with zero attached hydrogens (tertiary/aromatic N) is 3. The Hall–Kier alpha value is -3.53. The minimum atomic E-state index is -3.52. The molecule has 2 radical (unpaired) electrons. The highest BCUT2D eigenvalue weighted by Crippen LogP contribution is 2.46. The number of rotatable bonds is 8. The summed E-state index contributed by atoms with van der Waals surface area (Å²) in [6.45, 7) is 4.76. The molecule has 1 aromatic heterocycles. The van der Waals surface area contributed by atoms with Crippen LogP contribution in [0.25, 0.3) is 22.2 Å². The Kier molecular flexibility index (Phi) is 8.51. The number of fused-ring (bicyclic) bond motifs is 1. The number of nitrogens with one attached hydrogen (secondary N) is 1. The van der Waals surface area contributed by atoms with Gasteiger partial charge >= 0.3 is 0 Å². The second kappa shape index (κ2) is 12.6. The number of pyridine rings is 1. The summed E-state index contributed by atoms with van der Waals surface area (Å²) in [5, 5.41) is 3.95. The average Bonchev–Trinajstić information content (AvgIpc) is 3.85. The molecule has 4 aromatic rings. The number of sulfone groups is 1. The number of hydrogen-bond donors (Lipinski definition) is 1. The van der Waals surface area contributed by atoms with Crippen molar-refractivity contribution in [2.45, 2.75) is 68.0 Å². The monoisotopic (exact) mass is 632 g/mol. The normalized spacial score (nSPS) is 19.2. The highest BCUT2D eigenvalue weighted by atomic mass is 32.2. The molecule has 3 fully saturated rings. The van der Waals surface area contributed by atoms with Gasteiger partial charge in [0.25, 0.3) is 5.91 Å². The third kappa shape index (κ3) is 6.37. The highest BCUT2D eigenvalue weighted by Gasteiger charge is 2.46. The molecule has 0 bridgehead atoms. The first-order chi connectivity index (χ1) is 22.2. The standard InChI is InChI=1S/C37H41BN4O3S/c1-46(44,45)30-13-14-33-31(24-30)34(36(43)40-37(17-18-37)27-10-4-2-5-11-27)32(35(39-33)26-9-8-12-28(38)23-26)25-41-21-15-29(16-22-41)42-19-6-3-7-20-42/h2,4-5,8-14,23-24,29H,3,6-7,15-22,25H2,1H3,(H,40,43). The Morgan fingerprint density at radius 1 is 0.935 bits per heavy atom. The minimum Gasteiger partial charge on any atom is -0.342 e. The van der Waals surface area contributed by atoms with Crippen LogP contribution in [0.2, 0.25) is 0 Å². The SMILES string of the molecule is [B]c1cccc(-c2nc3ccc(S(C)(=O)=O)cc3c(C(=O)NC3(c4ccccc4)CC3)c2CN2CCC(N3CCCCC3)CC2)c1. The fraction of sp³-hybridized carbons (Fsp3) is 0.405. The Morgan fingerprint density at radius 3 is 2.35 bits per heavy atom. The van der Waals surface area contributed by atoms with Gasteiger partial charge in [0, 0.05) is 29.8 Å². The molecule has 3 heterocycles. The van der Waals surface area contributed by atoms with Crippen LogP contribution in [0.5, 0.6) is 0 Å². The zero-order valence-corrected chi connectivity index (χ0v) is 27.4. The lowest BCUT2D eigenvalue weighted by Gasteiger charge is -2.40. The predicted octanol–water partition coefficient (Wildman–Crippen LogP) is 4.97. The van der Waals surface area contributed by atoms with Crippen molar-refractivity contribution in [1.29, 1.82) is 0 Å². The quantitative estimate of drug-likeness (QED) is 0.277. The molecule has 3 aromatic carbocycles. The number of piperidine rings is 2. The highest BCUT2D eigenvalue weighted by molar-refractivity contribution is 7.90. The molecule has 0 atom stereocenters. The van der Waals surface area contributed by atoms with Gasteiger partial charge in [-0.15, -0.1) is 0 Å². The van der Waals surface area contributed by atoms with Crippen LogP contribution in [0, 0.1) is 0 Å². The van der Waals surface area contributed by atoms with Crippen LogP contribution in [0.4, 0.5) is 0 Å². The predicted molar refractivity (Wildman–Crippen MR) is 184 cm³/mol. The molecule has 7 rings (SSSR count). The van der Waals surface area contributed by atoms with Crippen molar-refractivity contribution in [3.8, 4) is 11.3 Å². The number of hydrogen-bond acceptors (Lipinski definition) is 6. The first-order valence-corrected chi connectivity index (χ1v) is 18.5. The molecule has 3 aliphatic rings. The molecule has 46 heavy (non-hydrogen) atoms. The van der Waals surface area contributed by atoms with E-state index < -0.39 is 15.4 Å². The van der Waals surface area contributed by atoms with E-state index in [2.05, 4.69) is 27.2 Å². The molecule has 1 saturated carbocycles. The van der Waals surface area contributed by atoms with Gasteiger partial charge in [0.1, 0.15) is 7.85 Å². The summed E-state index contributed by atoms with van der Waals surface area (Å²) in [6, 6.07) is 23.3. The van der Waals surface area contributed by atoms with E-state index in [4.69, 9.17) is 12.8 Å². The van der Waals surface area contributed by atoms with E-state index in [9.17, 15) is 13.2 Å². The molecule has 236 valence electrons. The van der Waals surface area contributed by atoms with Crippen LogP contribution in [-0.4, -0.2) is 75.4 Å².